The molecule has 0 amide bonds. The molecule has 1 aliphatic heterocycles. The highest BCUT2D eigenvalue weighted by atomic mass is 15.2. The molecule has 2 heteroatoms. The van der Waals surface area contributed by atoms with Gasteiger partial charge in [0.25, 0.3) is 0 Å². The Morgan fingerprint density at radius 1 is 1.43 bits per heavy atom. The highest BCUT2D eigenvalue weighted by molar-refractivity contribution is 4.88. The van der Waals surface area contributed by atoms with Gasteiger partial charge >= 0.3 is 0 Å². The first kappa shape index (κ1) is 12.0. The van der Waals surface area contributed by atoms with Crippen molar-refractivity contribution >= 4 is 0 Å². The molecule has 0 aromatic carbocycles. The van der Waals surface area contributed by atoms with Gasteiger partial charge in [0.2, 0.25) is 0 Å². The molecule has 1 heterocycles. The van der Waals surface area contributed by atoms with Crippen LogP contribution in [0.3, 0.4) is 0 Å². The molecule has 0 bridgehead atoms. The van der Waals surface area contributed by atoms with Crippen LogP contribution < -0.4 is 5.73 Å². The number of hydrogen-bond acceptors (Lipinski definition) is 2. The Balaban J connectivity index is 2.53. The average Bonchev–Trinajstić information content (AvgIpc) is 2.35. The van der Waals surface area contributed by atoms with Crippen molar-refractivity contribution in [3.05, 3.63) is 0 Å². The van der Waals surface area contributed by atoms with Crippen molar-refractivity contribution in [2.75, 3.05) is 13.1 Å². The van der Waals surface area contributed by atoms with Gasteiger partial charge in [-0.15, -0.1) is 0 Å². The number of likely N-dealkylation sites (tertiary alicyclic amines) is 1. The van der Waals surface area contributed by atoms with E-state index in [1.807, 2.05) is 0 Å². The van der Waals surface area contributed by atoms with Gasteiger partial charge in [0.15, 0.2) is 0 Å². The normalized spacial score (nSPS) is 32.1. The van der Waals surface area contributed by atoms with E-state index in [9.17, 15) is 0 Å². The van der Waals surface area contributed by atoms with Crippen molar-refractivity contribution < 1.29 is 0 Å². The predicted octanol–water partition coefficient (Wildman–Crippen LogP) is 2.09. The quantitative estimate of drug-likeness (QED) is 0.752. The molecule has 1 rings (SSSR count). The predicted molar refractivity (Wildman–Crippen MR) is 62.2 cm³/mol. The first-order valence-electron chi connectivity index (χ1n) is 5.84. The van der Waals surface area contributed by atoms with Gasteiger partial charge in [-0.3, -0.25) is 4.90 Å². The van der Waals surface area contributed by atoms with Gasteiger partial charge in [-0.25, -0.2) is 0 Å². The molecule has 2 N–H and O–H groups in total. The standard InChI is InChI=1S/C12H26N2/c1-9-6-7-14(10(9)2)8-12(4,5)11(3)13/h9-11H,6-8,13H2,1-5H3. The van der Waals surface area contributed by atoms with Gasteiger partial charge in [0.05, 0.1) is 0 Å². The molecule has 1 aliphatic rings. The minimum atomic E-state index is 0.234. The zero-order valence-electron chi connectivity index (χ0n) is 10.4. The fourth-order valence-corrected chi connectivity index (χ4v) is 2.06. The molecule has 0 spiro atoms. The van der Waals surface area contributed by atoms with Crippen LogP contribution in [0.1, 0.15) is 41.0 Å². The van der Waals surface area contributed by atoms with Gasteiger partial charge in [-0.05, 0) is 38.1 Å². The largest absolute Gasteiger partial charge is 0.327 e. The molecule has 84 valence electrons. The molecule has 0 saturated carbocycles. The third kappa shape index (κ3) is 2.48. The molecule has 0 radical (unpaired) electrons. The van der Waals surface area contributed by atoms with E-state index < -0.39 is 0 Å². The molecule has 14 heavy (non-hydrogen) atoms. The van der Waals surface area contributed by atoms with Crippen molar-refractivity contribution in [2.45, 2.75) is 53.1 Å². The lowest BCUT2D eigenvalue weighted by Gasteiger charge is -2.36. The van der Waals surface area contributed by atoms with Crippen LogP contribution in [0.4, 0.5) is 0 Å². The zero-order chi connectivity index (χ0) is 10.9. The second-order valence-electron chi connectivity index (χ2n) is 5.75. The van der Waals surface area contributed by atoms with Crippen LogP contribution in [0.25, 0.3) is 0 Å². The Bertz CT molecular complexity index is 187. The lowest BCUT2D eigenvalue weighted by atomic mass is 9.85. The molecule has 2 nitrogen and oxygen atoms in total. The monoisotopic (exact) mass is 198 g/mol. The van der Waals surface area contributed by atoms with Crippen LogP contribution in [0.5, 0.6) is 0 Å². The van der Waals surface area contributed by atoms with Crippen molar-refractivity contribution in [1.29, 1.82) is 0 Å². The molecule has 1 fully saturated rings. The smallest absolute Gasteiger partial charge is 0.00932 e. The van der Waals surface area contributed by atoms with Crippen LogP contribution in [0.2, 0.25) is 0 Å². The molecule has 0 aromatic heterocycles. The number of rotatable bonds is 3. The summed E-state index contributed by atoms with van der Waals surface area (Å²) in [5.74, 6) is 0.846. The lowest BCUT2D eigenvalue weighted by Crippen LogP contribution is -2.45. The summed E-state index contributed by atoms with van der Waals surface area (Å²) in [6, 6.07) is 0.999. The van der Waals surface area contributed by atoms with Crippen LogP contribution in [-0.2, 0) is 0 Å². The fourth-order valence-electron chi connectivity index (χ4n) is 2.06. The average molecular weight is 198 g/mol. The fraction of sp³-hybridized carbons (Fsp3) is 1.00. The maximum Gasteiger partial charge on any atom is 0.00932 e. The van der Waals surface area contributed by atoms with Gasteiger partial charge in [0, 0.05) is 18.6 Å². The summed E-state index contributed by atoms with van der Waals surface area (Å²) < 4.78 is 0. The van der Waals surface area contributed by atoms with Crippen molar-refractivity contribution in [3.63, 3.8) is 0 Å². The zero-order valence-corrected chi connectivity index (χ0v) is 10.4. The van der Waals surface area contributed by atoms with Crippen LogP contribution in [-0.4, -0.2) is 30.1 Å². The van der Waals surface area contributed by atoms with E-state index in [0.29, 0.717) is 0 Å². The van der Waals surface area contributed by atoms with Crippen LogP contribution in [0, 0.1) is 11.3 Å². The topological polar surface area (TPSA) is 29.3 Å². The van der Waals surface area contributed by atoms with E-state index in [2.05, 4.69) is 39.5 Å². The van der Waals surface area contributed by atoms with E-state index in [4.69, 9.17) is 5.73 Å². The summed E-state index contributed by atoms with van der Waals surface area (Å²) in [4.78, 5) is 2.59. The Kier molecular flexibility index (Phi) is 3.59. The SMILES string of the molecule is CC1CCN(CC(C)(C)C(C)N)C1C. The molecular formula is C12H26N2. The first-order chi connectivity index (χ1) is 6.34. The van der Waals surface area contributed by atoms with Gasteiger partial charge in [-0.2, -0.15) is 0 Å². The van der Waals surface area contributed by atoms with E-state index in [1.54, 1.807) is 0 Å². The maximum atomic E-state index is 6.00. The summed E-state index contributed by atoms with van der Waals surface area (Å²) in [7, 11) is 0. The Morgan fingerprint density at radius 3 is 2.36 bits per heavy atom. The van der Waals surface area contributed by atoms with E-state index in [0.717, 1.165) is 18.5 Å². The third-order valence-corrected chi connectivity index (χ3v) is 4.11. The maximum absolute atomic E-state index is 6.00. The summed E-state index contributed by atoms with van der Waals surface area (Å²) in [5.41, 5.74) is 6.24. The Morgan fingerprint density at radius 2 is 2.00 bits per heavy atom. The summed E-state index contributed by atoms with van der Waals surface area (Å²) in [6.07, 6.45) is 1.34. The number of hydrogen-bond donors (Lipinski definition) is 1. The van der Waals surface area contributed by atoms with Crippen LogP contribution in [0.15, 0.2) is 0 Å². The molecule has 3 atom stereocenters. The lowest BCUT2D eigenvalue weighted by molar-refractivity contribution is 0.144. The van der Waals surface area contributed by atoms with E-state index >= 15 is 0 Å². The van der Waals surface area contributed by atoms with Gasteiger partial charge in [-0.1, -0.05) is 20.8 Å². The molecule has 3 unspecified atom stereocenters. The highest BCUT2D eigenvalue weighted by Gasteiger charge is 2.33. The summed E-state index contributed by atoms with van der Waals surface area (Å²) in [5, 5.41) is 0. The second-order valence-corrected chi connectivity index (χ2v) is 5.75. The van der Waals surface area contributed by atoms with Crippen LogP contribution >= 0.6 is 0 Å². The Labute approximate surface area is 88.8 Å². The van der Waals surface area contributed by atoms with Crippen molar-refractivity contribution in [2.24, 2.45) is 17.1 Å². The van der Waals surface area contributed by atoms with Gasteiger partial charge in [0.1, 0.15) is 0 Å². The minimum Gasteiger partial charge on any atom is -0.327 e. The summed E-state index contributed by atoms with van der Waals surface area (Å²) >= 11 is 0. The highest BCUT2D eigenvalue weighted by Crippen LogP contribution is 2.28. The minimum absolute atomic E-state index is 0.234. The number of nitrogens with two attached hydrogens (primary N) is 1. The van der Waals surface area contributed by atoms with Gasteiger partial charge < -0.3 is 5.73 Å². The molecule has 0 aliphatic carbocycles. The summed E-state index contributed by atoms with van der Waals surface area (Å²) in [6.45, 7) is 13.7. The molecule has 0 aromatic rings. The first-order valence-corrected chi connectivity index (χ1v) is 5.84. The Hall–Kier alpha value is -0.0800. The third-order valence-electron chi connectivity index (χ3n) is 4.11. The van der Waals surface area contributed by atoms with E-state index in [-0.39, 0.29) is 11.5 Å². The van der Waals surface area contributed by atoms with E-state index in [1.165, 1.54) is 13.0 Å². The molecule has 1 saturated heterocycles. The molecular weight excluding hydrogens is 172 g/mol. The van der Waals surface area contributed by atoms with Crippen molar-refractivity contribution in [1.82, 2.24) is 4.90 Å². The second kappa shape index (κ2) is 4.19. The number of nitrogens with zero attached hydrogens (tertiary/aromatic N) is 1. The van der Waals surface area contributed by atoms with Crippen molar-refractivity contribution in [3.8, 4) is 0 Å².